The molecule has 8 heteroatoms. The predicted octanol–water partition coefficient (Wildman–Crippen LogP) is 2.52. The van der Waals surface area contributed by atoms with Crippen molar-refractivity contribution in [3.05, 3.63) is 42.4 Å². The summed E-state index contributed by atoms with van der Waals surface area (Å²) in [4.78, 5) is 26.2. The quantitative estimate of drug-likeness (QED) is 0.665. The molecule has 0 N–H and O–H groups in total. The Morgan fingerprint density at radius 2 is 1.97 bits per heavy atom. The molecule has 0 aromatic carbocycles. The molecule has 8 nitrogen and oxygen atoms in total. The van der Waals surface area contributed by atoms with Crippen LogP contribution in [0.3, 0.4) is 0 Å². The maximum absolute atomic E-state index is 12.9. The second kappa shape index (κ2) is 8.02. The van der Waals surface area contributed by atoms with Gasteiger partial charge in [0.05, 0.1) is 36.9 Å². The molecule has 3 aromatic heterocycles. The Hall–Kier alpha value is -3.00. The van der Waals surface area contributed by atoms with Crippen molar-refractivity contribution in [2.75, 3.05) is 44.3 Å². The normalized spacial score (nSPS) is 20.0. The van der Waals surface area contributed by atoms with Crippen molar-refractivity contribution < 1.29 is 9.53 Å². The summed E-state index contributed by atoms with van der Waals surface area (Å²) in [6.45, 7) is 7.00. The van der Waals surface area contributed by atoms with Crippen molar-refractivity contribution in [2.24, 2.45) is 5.92 Å². The number of pyridine rings is 2. The fraction of sp³-hybridized carbons (Fsp3) is 0.455. The molecule has 5 rings (SSSR count). The van der Waals surface area contributed by atoms with Gasteiger partial charge in [-0.25, -0.2) is 14.6 Å². The monoisotopic (exact) mass is 406 g/mol. The van der Waals surface area contributed by atoms with Gasteiger partial charge in [-0.15, -0.1) is 0 Å². The zero-order valence-electron chi connectivity index (χ0n) is 17.2. The van der Waals surface area contributed by atoms with E-state index in [1.165, 1.54) is 6.42 Å². The topological polar surface area (TPSA) is 76.4 Å². The number of hydrogen-bond donors (Lipinski definition) is 0. The van der Waals surface area contributed by atoms with Crippen LogP contribution in [0, 0.1) is 5.92 Å². The molecule has 2 aliphatic rings. The molecular weight excluding hydrogens is 380 g/mol. The zero-order valence-corrected chi connectivity index (χ0v) is 17.2. The zero-order chi connectivity index (χ0) is 20.5. The third kappa shape index (κ3) is 3.63. The highest BCUT2D eigenvalue weighted by Crippen LogP contribution is 2.22. The van der Waals surface area contributed by atoms with E-state index in [-0.39, 0.29) is 5.91 Å². The molecule has 3 aromatic rings. The van der Waals surface area contributed by atoms with Crippen molar-refractivity contribution >= 4 is 22.8 Å². The number of morpholine rings is 1. The summed E-state index contributed by atoms with van der Waals surface area (Å²) >= 11 is 0. The highest BCUT2D eigenvalue weighted by Gasteiger charge is 2.23. The van der Waals surface area contributed by atoms with Gasteiger partial charge in [0.15, 0.2) is 5.65 Å². The van der Waals surface area contributed by atoms with Gasteiger partial charge in [0, 0.05) is 37.8 Å². The molecule has 5 heterocycles. The molecule has 2 aliphatic heterocycles. The SMILES string of the molecule is C[C@H]1CCCN(C(=O)c2cnc3c(cnn3-c3ccc(N4CCOCC4)nc3)c2)C1. The Morgan fingerprint density at radius 3 is 2.73 bits per heavy atom. The summed E-state index contributed by atoms with van der Waals surface area (Å²) in [6, 6.07) is 5.90. The van der Waals surface area contributed by atoms with Crippen LogP contribution in [-0.2, 0) is 4.74 Å². The average molecular weight is 406 g/mol. The van der Waals surface area contributed by atoms with Gasteiger partial charge in [-0.1, -0.05) is 6.92 Å². The molecule has 30 heavy (non-hydrogen) atoms. The van der Waals surface area contributed by atoms with Crippen LogP contribution in [0.2, 0.25) is 0 Å². The van der Waals surface area contributed by atoms with Gasteiger partial charge in [-0.3, -0.25) is 4.79 Å². The third-order valence-electron chi connectivity index (χ3n) is 5.91. The highest BCUT2D eigenvalue weighted by atomic mass is 16.5. The maximum Gasteiger partial charge on any atom is 0.255 e. The number of hydrogen-bond acceptors (Lipinski definition) is 6. The van der Waals surface area contributed by atoms with Gasteiger partial charge < -0.3 is 14.5 Å². The Kier molecular flexibility index (Phi) is 5.08. The lowest BCUT2D eigenvalue weighted by Gasteiger charge is -2.30. The van der Waals surface area contributed by atoms with E-state index >= 15 is 0 Å². The molecule has 0 radical (unpaired) electrons. The Morgan fingerprint density at radius 1 is 1.10 bits per heavy atom. The number of ether oxygens (including phenoxy) is 1. The average Bonchev–Trinajstić information content (AvgIpc) is 3.22. The second-order valence-electron chi connectivity index (χ2n) is 8.17. The van der Waals surface area contributed by atoms with Crippen LogP contribution in [0.15, 0.2) is 36.8 Å². The van der Waals surface area contributed by atoms with Gasteiger partial charge >= 0.3 is 0 Å². The van der Waals surface area contributed by atoms with Crippen molar-refractivity contribution in [1.82, 2.24) is 24.6 Å². The molecule has 2 saturated heterocycles. The first kappa shape index (κ1) is 19.0. The number of carbonyl (C=O) groups excluding carboxylic acids is 1. The van der Waals surface area contributed by atoms with E-state index in [0.29, 0.717) is 11.5 Å². The maximum atomic E-state index is 12.9. The molecule has 0 saturated carbocycles. The lowest BCUT2D eigenvalue weighted by Crippen LogP contribution is -2.39. The van der Waals surface area contributed by atoms with Gasteiger partial charge in [-0.05, 0) is 37.0 Å². The van der Waals surface area contributed by atoms with Gasteiger partial charge in [0.1, 0.15) is 5.82 Å². The van der Waals surface area contributed by atoms with E-state index in [1.807, 2.05) is 29.3 Å². The number of fused-ring (bicyclic) bond motifs is 1. The summed E-state index contributed by atoms with van der Waals surface area (Å²) in [5.74, 6) is 1.55. The number of likely N-dealkylation sites (tertiary alicyclic amines) is 1. The van der Waals surface area contributed by atoms with Crippen molar-refractivity contribution in [3.63, 3.8) is 0 Å². The van der Waals surface area contributed by atoms with E-state index in [0.717, 1.165) is 68.4 Å². The number of amides is 1. The van der Waals surface area contributed by atoms with E-state index in [2.05, 4.69) is 26.9 Å². The lowest BCUT2D eigenvalue weighted by atomic mass is 10.00. The van der Waals surface area contributed by atoms with E-state index in [9.17, 15) is 4.79 Å². The summed E-state index contributed by atoms with van der Waals surface area (Å²) in [7, 11) is 0. The highest BCUT2D eigenvalue weighted by molar-refractivity contribution is 5.97. The molecule has 0 aliphatic carbocycles. The standard InChI is InChI=1S/C22H26N6O2/c1-16-3-2-6-27(15-16)22(29)18-11-17-13-25-28(21(17)24-12-18)19-4-5-20(23-14-19)26-7-9-30-10-8-26/h4-5,11-14,16H,2-3,6-10,15H2,1H3/t16-/m0/s1. The van der Waals surface area contributed by atoms with Crippen LogP contribution in [0.5, 0.6) is 0 Å². The summed E-state index contributed by atoms with van der Waals surface area (Å²) in [5.41, 5.74) is 2.19. The first-order valence-corrected chi connectivity index (χ1v) is 10.6. The minimum atomic E-state index is 0.0558. The van der Waals surface area contributed by atoms with Crippen LogP contribution < -0.4 is 4.90 Å². The molecule has 1 amide bonds. The molecule has 0 bridgehead atoms. The molecule has 1 atom stereocenters. The van der Waals surface area contributed by atoms with Crippen LogP contribution in [0.4, 0.5) is 5.82 Å². The minimum absolute atomic E-state index is 0.0558. The molecule has 2 fully saturated rings. The first-order chi connectivity index (χ1) is 14.7. The van der Waals surface area contributed by atoms with Crippen LogP contribution in [0.25, 0.3) is 16.7 Å². The fourth-order valence-corrected chi connectivity index (χ4v) is 4.27. The van der Waals surface area contributed by atoms with Crippen LogP contribution >= 0.6 is 0 Å². The predicted molar refractivity (Wildman–Crippen MR) is 114 cm³/mol. The Bertz CT molecular complexity index is 1040. The summed E-state index contributed by atoms with van der Waals surface area (Å²) < 4.78 is 7.17. The summed E-state index contributed by atoms with van der Waals surface area (Å²) in [5, 5.41) is 5.34. The van der Waals surface area contributed by atoms with Gasteiger partial charge in [0.25, 0.3) is 5.91 Å². The van der Waals surface area contributed by atoms with E-state index in [1.54, 1.807) is 17.1 Å². The van der Waals surface area contributed by atoms with Gasteiger partial charge in [-0.2, -0.15) is 5.10 Å². The number of aromatic nitrogens is 4. The fourth-order valence-electron chi connectivity index (χ4n) is 4.27. The third-order valence-corrected chi connectivity index (χ3v) is 5.91. The van der Waals surface area contributed by atoms with Crippen molar-refractivity contribution in [2.45, 2.75) is 19.8 Å². The number of rotatable bonds is 3. The molecule has 0 spiro atoms. The molecular formula is C22H26N6O2. The number of piperidine rings is 1. The summed E-state index contributed by atoms with van der Waals surface area (Å²) in [6.07, 6.45) is 7.48. The van der Waals surface area contributed by atoms with Crippen molar-refractivity contribution in [1.29, 1.82) is 0 Å². The van der Waals surface area contributed by atoms with E-state index < -0.39 is 0 Å². The van der Waals surface area contributed by atoms with Gasteiger partial charge in [0.2, 0.25) is 0 Å². The smallest absolute Gasteiger partial charge is 0.255 e. The molecule has 0 unspecified atom stereocenters. The van der Waals surface area contributed by atoms with E-state index in [4.69, 9.17) is 4.74 Å². The Balaban J connectivity index is 1.38. The number of carbonyl (C=O) groups is 1. The molecule has 156 valence electrons. The van der Waals surface area contributed by atoms with Crippen molar-refractivity contribution in [3.8, 4) is 5.69 Å². The first-order valence-electron chi connectivity index (χ1n) is 10.6. The second-order valence-corrected chi connectivity index (χ2v) is 8.17. The Labute approximate surface area is 175 Å². The van der Waals surface area contributed by atoms with Crippen LogP contribution in [-0.4, -0.2) is 69.9 Å². The number of nitrogens with zero attached hydrogens (tertiary/aromatic N) is 6. The lowest BCUT2D eigenvalue weighted by molar-refractivity contribution is 0.0683. The largest absolute Gasteiger partial charge is 0.378 e. The minimum Gasteiger partial charge on any atom is -0.378 e. The number of anilines is 1. The van der Waals surface area contributed by atoms with Crippen LogP contribution in [0.1, 0.15) is 30.1 Å².